The third kappa shape index (κ3) is 1.60. The van der Waals surface area contributed by atoms with Gasteiger partial charge in [-0.3, -0.25) is 4.83 Å². The number of hydrazone groups is 1. The van der Waals surface area contributed by atoms with Gasteiger partial charge in [0.25, 0.3) is 0 Å². The number of hydrogen-bond donors (Lipinski definition) is 2. The average Bonchev–Trinajstić information content (AvgIpc) is 1.90. The number of carboxylic acids is 1. The summed E-state index contributed by atoms with van der Waals surface area (Å²) in [6.07, 6.45) is 0.549. The summed E-state index contributed by atoms with van der Waals surface area (Å²) in [5.74, 6) is -0.145. The number of nitrogens with one attached hydrogen (secondary N) is 1. The lowest BCUT2D eigenvalue weighted by Crippen LogP contribution is -2.20. The molecule has 0 aromatic rings. The smallest absolute Gasteiger partial charge is 0.352 e. The standard InChI is InChI=1S/C4H6N2O2S/c7-4(8)3-1-2-9-6-5-3/h6H,1-2H2,(H,7,8). The molecule has 2 N–H and O–H groups in total. The van der Waals surface area contributed by atoms with Crippen LogP contribution < -0.4 is 4.83 Å². The summed E-state index contributed by atoms with van der Waals surface area (Å²) in [6, 6.07) is 0. The Labute approximate surface area is 56.5 Å². The van der Waals surface area contributed by atoms with Gasteiger partial charge in [-0.1, -0.05) is 0 Å². The molecule has 5 heteroatoms. The van der Waals surface area contributed by atoms with Crippen molar-refractivity contribution in [2.75, 3.05) is 5.75 Å². The van der Waals surface area contributed by atoms with Crippen LogP contribution in [0.2, 0.25) is 0 Å². The van der Waals surface area contributed by atoms with Gasteiger partial charge >= 0.3 is 5.97 Å². The second-order valence-electron chi connectivity index (χ2n) is 1.55. The van der Waals surface area contributed by atoms with Crippen LogP contribution in [0.3, 0.4) is 0 Å². The van der Waals surface area contributed by atoms with E-state index >= 15 is 0 Å². The number of carbonyl (C=O) groups is 1. The van der Waals surface area contributed by atoms with Gasteiger partial charge in [0.2, 0.25) is 0 Å². The zero-order chi connectivity index (χ0) is 6.69. The van der Waals surface area contributed by atoms with Crippen LogP contribution in [-0.4, -0.2) is 22.5 Å². The summed E-state index contributed by atoms with van der Waals surface area (Å²) in [6.45, 7) is 0. The molecule has 0 aromatic carbocycles. The molecule has 0 aliphatic carbocycles. The largest absolute Gasteiger partial charge is 0.477 e. The molecule has 0 fully saturated rings. The Hall–Kier alpha value is -0.710. The predicted octanol–water partition coefficient (Wildman–Crippen LogP) is 0.0685. The lowest BCUT2D eigenvalue weighted by atomic mass is 10.3. The van der Waals surface area contributed by atoms with Gasteiger partial charge in [0.05, 0.1) is 0 Å². The molecule has 1 aliphatic rings. The lowest BCUT2D eigenvalue weighted by molar-refractivity contribution is -0.129. The Kier molecular flexibility index (Phi) is 1.94. The zero-order valence-electron chi connectivity index (χ0n) is 4.63. The fourth-order valence-corrected chi connectivity index (χ4v) is 1.05. The summed E-state index contributed by atoms with van der Waals surface area (Å²) in [5, 5.41) is 11.9. The van der Waals surface area contributed by atoms with E-state index in [9.17, 15) is 4.79 Å². The van der Waals surface area contributed by atoms with Crippen molar-refractivity contribution in [2.24, 2.45) is 5.10 Å². The van der Waals surface area contributed by atoms with Gasteiger partial charge in [-0.05, 0) is 11.9 Å². The fraction of sp³-hybridized carbons (Fsp3) is 0.500. The maximum absolute atomic E-state index is 10.2. The third-order valence-corrected chi connectivity index (χ3v) is 1.56. The first kappa shape index (κ1) is 6.41. The normalized spacial score (nSPS) is 18.0. The molecule has 0 unspecified atom stereocenters. The molecule has 0 radical (unpaired) electrons. The van der Waals surface area contributed by atoms with E-state index < -0.39 is 5.97 Å². The summed E-state index contributed by atoms with van der Waals surface area (Å²) >= 11 is 1.42. The van der Waals surface area contributed by atoms with Crippen molar-refractivity contribution in [2.45, 2.75) is 6.42 Å². The highest BCUT2D eigenvalue weighted by atomic mass is 32.2. The minimum absolute atomic E-state index is 0.216. The predicted molar refractivity (Wildman–Crippen MR) is 35.3 cm³/mol. The molecule has 0 aromatic heterocycles. The van der Waals surface area contributed by atoms with E-state index in [1.807, 2.05) is 0 Å². The maximum atomic E-state index is 10.2. The second kappa shape index (κ2) is 2.72. The SMILES string of the molecule is O=C(O)C1=NNSCC1. The molecule has 0 saturated heterocycles. The van der Waals surface area contributed by atoms with Crippen LogP contribution in [0.5, 0.6) is 0 Å². The van der Waals surface area contributed by atoms with E-state index in [2.05, 4.69) is 9.93 Å². The topological polar surface area (TPSA) is 61.7 Å². The van der Waals surface area contributed by atoms with Gasteiger partial charge in [-0.2, -0.15) is 5.10 Å². The summed E-state index contributed by atoms with van der Waals surface area (Å²) < 4.78 is 0. The van der Waals surface area contributed by atoms with Crippen molar-refractivity contribution >= 4 is 23.6 Å². The molecule has 4 nitrogen and oxygen atoms in total. The maximum Gasteiger partial charge on any atom is 0.352 e. The molecular formula is C4H6N2O2S. The van der Waals surface area contributed by atoms with E-state index in [-0.39, 0.29) is 5.71 Å². The van der Waals surface area contributed by atoms with Crippen LogP contribution >= 0.6 is 11.9 Å². The molecule has 0 saturated carbocycles. The highest BCUT2D eigenvalue weighted by Crippen LogP contribution is 2.04. The molecule has 0 amide bonds. The minimum atomic E-state index is -0.928. The fourth-order valence-electron chi connectivity index (χ4n) is 0.491. The van der Waals surface area contributed by atoms with Crippen molar-refractivity contribution < 1.29 is 9.90 Å². The summed E-state index contributed by atoms with van der Waals surface area (Å²) in [7, 11) is 0. The Morgan fingerprint density at radius 3 is 3.00 bits per heavy atom. The van der Waals surface area contributed by atoms with E-state index in [1.165, 1.54) is 11.9 Å². The van der Waals surface area contributed by atoms with E-state index in [0.717, 1.165) is 5.75 Å². The summed E-state index contributed by atoms with van der Waals surface area (Å²) in [5.41, 5.74) is 0.216. The molecule has 0 atom stereocenters. The average molecular weight is 146 g/mol. The molecule has 9 heavy (non-hydrogen) atoms. The minimum Gasteiger partial charge on any atom is -0.477 e. The van der Waals surface area contributed by atoms with Gasteiger partial charge in [-0.15, -0.1) is 0 Å². The molecular weight excluding hydrogens is 140 g/mol. The highest BCUT2D eigenvalue weighted by molar-refractivity contribution is 7.97. The van der Waals surface area contributed by atoms with Crippen LogP contribution in [0.4, 0.5) is 0 Å². The van der Waals surface area contributed by atoms with Crippen LogP contribution in [0.1, 0.15) is 6.42 Å². The first-order chi connectivity index (χ1) is 4.30. The quantitative estimate of drug-likeness (QED) is 0.514. The van der Waals surface area contributed by atoms with Crippen molar-refractivity contribution in [3.05, 3.63) is 0 Å². The number of aliphatic carboxylic acids is 1. The first-order valence-electron chi connectivity index (χ1n) is 2.47. The van der Waals surface area contributed by atoms with Crippen molar-refractivity contribution in [3.63, 3.8) is 0 Å². The molecule has 1 aliphatic heterocycles. The monoisotopic (exact) mass is 146 g/mol. The van der Waals surface area contributed by atoms with Gasteiger partial charge in [0.15, 0.2) is 0 Å². The molecule has 0 bridgehead atoms. The van der Waals surface area contributed by atoms with Crippen LogP contribution in [-0.2, 0) is 4.79 Å². The Balaban J connectivity index is 2.57. The van der Waals surface area contributed by atoms with Crippen molar-refractivity contribution in [3.8, 4) is 0 Å². The zero-order valence-corrected chi connectivity index (χ0v) is 5.44. The Morgan fingerprint density at radius 2 is 2.67 bits per heavy atom. The highest BCUT2D eigenvalue weighted by Gasteiger charge is 2.11. The molecule has 50 valence electrons. The van der Waals surface area contributed by atoms with Gasteiger partial charge < -0.3 is 5.11 Å². The molecule has 1 rings (SSSR count). The first-order valence-corrected chi connectivity index (χ1v) is 3.46. The Morgan fingerprint density at radius 1 is 1.89 bits per heavy atom. The van der Waals surface area contributed by atoms with Crippen LogP contribution in [0.25, 0.3) is 0 Å². The van der Waals surface area contributed by atoms with E-state index in [1.54, 1.807) is 0 Å². The van der Waals surface area contributed by atoms with Crippen molar-refractivity contribution in [1.82, 2.24) is 4.83 Å². The van der Waals surface area contributed by atoms with Crippen LogP contribution in [0.15, 0.2) is 5.10 Å². The van der Waals surface area contributed by atoms with Gasteiger partial charge in [0, 0.05) is 12.2 Å². The second-order valence-corrected chi connectivity index (χ2v) is 2.43. The lowest BCUT2D eigenvalue weighted by Gasteiger charge is -2.06. The van der Waals surface area contributed by atoms with E-state index in [0.29, 0.717) is 6.42 Å². The molecule has 0 spiro atoms. The van der Waals surface area contributed by atoms with Crippen molar-refractivity contribution in [1.29, 1.82) is 0 Å². The van der Waals surface area contributed by atoms with Crippen LogP contribution in [0, 0.1) is 0 Å². The third-order valence-electron chi connectivity index (χ3n) is 0.933. The number of hydrogen-bond acceptors (Lipinski definition) is 4. The number of rotatable bonds is 1. The van der Waals surface area contributed by atoms with E-state index in [4.69, 9.17) is 5.11 Å². The Bertz CT molecular complexity index is 157. The number of carboxylic acid groups (broad SMARTS) is 1. The van der Waals surface area contributed by atoms with Gasteiger partial charge in [-0.25, -0.2) is 4.79 Å². The van der Waals surface area contributed by atoms with Gasteiger partial charge in [0.1, 0.15) is 5.71 Å². The molecule has 1 heterocycles. The summed E-state index contributed by atoms with van der Waals surface area (Å²) in [4.78, 5) is 12.7. The number of nitrogens with zero attached hydrogens (tertiary/aromatic N) is 1.